The molecule has 2 rings (SSSR count). The minimum absolute atomic E-state index is 0.133. The molecule has 0 aliphatic carbocycles. The van der Waals surface area contributed by atoms with Crippen LogP contribution in [0.5, 0.6) is 5.75 Å². The Hall–Kier alpha value is -2.09. The third-order valence-corrected chi connectivity index (χ3v) is 2.74. The van der Waals surface area contributed by atoms with Crippen LogP contribution in [0.4, 0.5) is 0 Å². The lowest BCUT2D eigenvalue weighted by Crippen LogP contribution is -1.95. The molecule has 0 saturated heterocycles. The first-order chi connectivity index (χ1) is 8.22. The molecule has 0 atom stereocenters. The Bertz CT molecular complexity index is 527. The number of benzene rings is 2. The van der Waals surface area contributed by atoms with E-state index in [1.807, 2.05) is 31.2 Å². The maximum atomic E-state index is 11.5. The fourth-order valence-electron chi connectivity index (χ4n) is 1.76. The summed E-state index contributed by atoms with van der Waals surface area (Å²) in [5.41, 5.74) is 2.41. The number of para-hydroxylation sites is 1. The Morgan fingerprint density at radius 3 is 2.29 bits per heavy atom. The molecule has 0 saturated carbocycles. The Morgan fingerprint density at radius 1 is 1.06 bits per heavy atom. The van der Waals surface area contributed by atoms with Crippen molar-refractivity contribution in [1.29, 1.82) is 0 Å². The Kier molecular flexibility index (Phi) is 3.24. The molecule has 17 heavy (non-hydrogen) atoms. The van der Waals surface area contributed by atoms with Crippen LogP contribution >= 0.6 is 0 Å². The molecule has 0 aromatic heterocycles. The zero-order chi connectivity index (χ0) is 12.3. The van der Waals surface area contributed by atoms with E-state index in [1.54, 1.807) is 24.3 Å². The highest BCUT2D eigenvalue weighted by atomic mass is 16.3. The first-order valence-electron chi connectivity index (χ1n) is 5.64. The smallest absolute Gasteiger partial charge is 0.162 e. The van der Waals surface area contributed by atoms with Gasteiger partial charge in [0.2, 0.25) is 0 Å². The van der Waals surface area contributed by atoms with Gasteiger partial charge in [0.05, 0.1) is 0 Å². The number of phenolic OH excluding ortho intramolecular Hbond substituents is 1. The van der Waals surface area contributed by atoms with E-state index in [1.165, 1.54) is 0 Å². The highest BCUT2D eigenvalue weighted by molar-refractivity contribution is 5.96. The fourth-order valence-corrected chi connectivity index (χ4v) is 1.76. The van der Waals surface area contributed by atoms with Crippen molar-refractivity contribution in [1.82, 2.24) is 0 Å². The van der Waals surface area contributed by atoms with Crippen LogP contribution in [-0.4, -0.2) is 10.9 Å². The molecule has 0 radical (unpaired) electrons. The lowest BCUT2D eigenvalue weighted by Gasteiger charge is -2.05. The lowest BCUT2D eigenvalue weighted by molar-refractivity contribution is 0.0988. The second kappa shape index (κ2) is 4.83. The van der Waals surface area contributed by atoms with E-state index in [2.05, 4.69) is 0 Å². The number of carbonyl (C=O) groups is 1. The summed E-state index contributed by atoms with van der Waals surface area (Å²) in [6.45, 7) is 1.85. The first kappa shape index (κ1) is 11.4. The summed E-state index contributed by atoms with van der Waals surface area (Å²) in [6, 6.07) is 14.5. The molecule has 0 spiro atoms. The molecule has 0 fully saturated rings. The van der Waals surface area contributed by atoms with E-state index in [9.17, 15) is 9.90 Å². The summed E-state index contributed by atoms with van der Waals surface area (Å²) in [5, 5.41) is 9.72. The summed E-state index contributed by atoms with van der Waals surface area (Å²) in [6.07, 6.45) is 0.510. The normalized spacial score (nSPS) is 10.2. The van der Waals surface area contributed by atoms with Gasteiger partial charge >= 0.3 is 0 Å². The van der Waals surface area contributed by atoms with Crippen molar-refractivity contribution in [2.24, 2.45) is 0 Å². The maximum Gasteiger partial charge on any atom is 0.162 e. The van der Waals surface area contributed by atoms with Crippen LogP contribution in [0.1, 0.15) is 23.7 Å². The van der Waals surface area contributed by atoms with E-state index >= 15 is 0 Å². The van der Waals surface area contributed by atoms with Gasteiger partial charge in [-0.1, -0.05) is 49.4 Å². The number of ketones is 1. The minimum Gasteiger partial charge on any atom is -0.507 e. The number of hydrogen-bond acceptors (Lipinski definition) is 2. The Labute approximate surface area is 101 Å². The van der Waals surface area contributed by atoms with Crippen LogP contribution in [0.25, 0.3) is 11.1 Å². The molecule has 0 aliphatic rings. The predicted molar refractivity (Wildman–Crippen MR) is 68.2 cm³/mol. The van der Waals surface area contributed by atoms with Crippen molar-refractivity contribution >= 4 is 5.78 Å². The van der Waals surface area contributed by atoms with Gasteiger partial charge in [-0.2, -0.15) is 0 Å². The van der Waals surface area contributed by atoms with Gasteiger partial charge in [0, 0.05) is 17.5 Å². The van der Waals surface area contributed by atoms with Crippen molar-refractivity contribution in [3.63, 3.8) is 0 Å². The molecule has 0 unspecified atom stereocenters. The lowest BCUT2D eigenvalue weighted by atomic mass is 10.0. The largest absolute Gasteiger partial charge is 0.507 e. The SMILES string of the molecule is CCC(=O)c1ccc(-c2ccccc2O)cc1. The van der Waals surface area contributed by atoms with Gasteiger partial charge in [-0.05, 0) is 11.6 Å². The average Bonchev–Trinajstić information content (AvgIpc) is 2.39. The van der Waals surface area contributed by atoms with E-state index in [0.717, 1.165) is 11.1 Å². The van der Waals surface area contributed by atoms with E-state index in [0.29, 0.717) is 12.0 Å². The fraction of sp³-hybridized carbons (Fsp3) is 0.133. The quantitative estimate of drug-likeness (QED) is 0.811. The van der Waals surface area contributed by atoms with Crippen molar-refractivity contribution in [3.05, 3.63) is 54.1 Å². The molecular weight excluding hydrogens is 212 g/mol. The highest BCUT2D eigenvalue weighted by Gasteiger charge is 2.05. The van der Waals surface area contributed by atoms with Gasteiger partial charge in [0.15, 0.2) is 5.78 Å². The predicted octanol–water partition coefficient (Wildman–Crippen LogP) is 3.65. The number of aromatic hydroxyl groups is 1. The molecular formula is C15H14O2. The Balaban J connectivity index is 2.36. The van der Waals surface area contributed by atoms with Gasteiger partial charge in [-0.3, -0.25) is 4.79 Å². The molecule has 2 heteroatoms. The van der Waals surface area contributed by atoms with E-state index in [4.69, 9.17) is 0 Å². The number of carbonyl (C=O) groups excluding carboxylic acids is 1. The standard InChI is InChI=1S/C15H14O2/c1-2-14(16)12-9-7-11(8-10-12)13-5-3-4-6-15(13)17/h3-10,17H,2H2,1H3. The molecule has 1 N–H and O–H groups in total. The number of Topliss-reactive ketones (excluding diaryl/α,β-unsaturated/α-hetero) is 1. The summed E-state index contributed by atoms with van der Waals surface area (Å²) in [7, 11) is 0. The zero-order valence-corrected chi connectivity index (χ0v) is 9.68. The summed E-state index contributed by atoms with van der Waals surface area (Å²) in [5.74, 6) is 0.385. The molecule has 0 heterocycles. The minimum atomic E-state index is 0.133. The van der Waals surface area contributed by atoms with Crippen LogP contribution in [0.15, 0.2) is 48.5 Å². The number of hydrogen-bond donors (Lipinski definition) is 1. The first-order valence-corrected chi connectivity index (χ1v) is 5.64. The van der Waals surface area contributed by atoms with Crippen LogP contribution in [-0.2, 0) is 0 Å². The number of phenols is 1. The second-order valence-corrected chi connectivity index (χ2v) is 3.87. The van der Waals surface area contributed by atoms with E-state index in [-0.39, 0.29) is 11.5 Å². The van der Waals surface area contributed by atoms with Crippen molar-refractivity contribution in [2.75, 3.05) is 0 Å². The molecule has 2 nitrogen and oxygen atoms in total. The average molecular weight is 226 g/mol. The van der Waals surface area contributed by atoms with Crippen LogP contribution in [0, 0.1) is 0 Å². The molecule has 0 aliphatic heterocycles. The van der Waals surface area contributed by atoms with Gasteiger partial charge in [-0.25, -0.2) is 0 Å². The third-order valence-electron chi connectivity index (χ3n) is 2.74. The van der Waals surface area contributed by atoms with Crippen LogP contribution in [0.3, 0.4) is 0 Å². The molecule has 0 amide bonds. The monoisotopic (exact) mass is 226 g/mol. The van der Waals surface area contributed by atoms with Crippen LogP contribution in [0.2, 0.25) is 0 Å². The van der Waals surface area contributed by atoms with Crippen molar-refractivity contribution in [3.8, 4) is 16.9 Å². The molecule has 2 aromatic carbocycles. The summed E-state index contributed by atoms with van der Waals surface area (Å²) < 4.78 is 0. The molecule has 2 aromatic rings. The van der Waals surface area contributed by atoms with Gasteiger partial charge in [-0.15, -0.1) is 0 Å². The van der Waals surface area contributed by atoms with Gasteiger partial charge < -0.3 is 5.11 Å². The second-order valence-electron chi connectivity index (χ2n) is 3.87. The van der Waals surface area contributed by atoms with Crippen molar-refractivity contribution < 1.29 is 9.90 Å². The van der Waals surface area contributed by atoms with Gasteiger partial charge in [0.25, 0.3) is 0 Å². The highest BCUT2D eigenvalue weighted by Crippen LogP contribution is 2.28. The summed E-state index contributed by atoms with van der Waals surface area (Å²) in [4.78, 5) is 11.5. The third kappa shape index (κ3) is 2.36. The topological polar surface area (TPSA) is 37.3 Å². The summed E-state index contributed by atoms with van der Waals surface area (Å²) >= 11 is 0. The van der Waals surface area contributed by atoms with Crippen LogP contribution < -0.4 is 0 Å². The Morgan fingerprint density at radius 2 is 1.71 bits per heavy atom. The maximum absolute atomic E-state index is 11.5. The molecule has 0 bridgehead atoms. The van der Waals surface area contributed by atoms with Gasteiger partial charge in [0.1, 0.15) is 5.75 Å². The molecule has 86 valence electrons. The van der Waals surface area contributed by atoms with E-state index < -0.39 is 0 Å². The zero-order valence-electron chi connectivity index (χ0n) is 9.68. The van der Waals surface area contributed by atoms with Crippen molar-refractivity contribution in [2.45, 2.75) is 13.3 Å². The number of rotatable bonds is 3.